The molecule has 0 aliphatic carbocycles. The van der Waals surface area contributed by atoms with Crippen molar-refractivity contribution in [2.45, 2.75) is 19.4 Å². The van der Waals surface area contributed by atoms with E-state index in [9.17, 15) is 18.8 Å². The van der Waals surface area contributed by atoms with Gasteiger partial charge < -0.3 is 20.3 Å². The summed E-state index contributed by atoms with van der Waals surface area (Å²) < 4.78 is 18.4. The van der Waals surface area contributed by atoms with Crippen LogP contribution in [0.15, 0.2) is 24.3 Å². The van der Waals surface area contributed by atoms with Gasteiger partial charge in [0.05, 0.1) is 19.6 Å². The SMILES string of the molecule is CC(=O)N1CCN(C(=O)CCOc2cccc(F)c2)C[C@@H]1C(N)=O. The number of nitrogens with two attached hydrogens (primary N) is 1. The quantitative estimate of drug-likeness (QED) is 0.827. The second-order valence-corrected chi connectivity index (χ2v) is 5.53. The van der Waals surface area contributed by atoms with Crippen molar-refractivity contribution in [3.63, 3.8) is 0 Å². The summed E-state index contributed by atoms with van der Waals surface area (Å²) in [6.07, 6.45) is 0.0854. The average Bonchev–Trinajstić information content (AvgIpc) is 2.54. The summed E-state index contributed by atoms with van der Waals surface area (Å²) in [7, 11) is 0. The Morgan fingerprint density at radius 1 is 1.33 bits per heavy atom. The van der Waals surface area contributed by atoms with Crippen LogP contribution in [0.2, 0.25) is 0 Å². The minimum atomic E-state index is -0.815. The molecule has 0 aromatic heterocycles. The fourth-order valence-corrected chi connectivity index (χ4v) is 2.60. The molecule has 1 aliphatic rings. The lowest BCUT2D eigenvalue weighted by molar-refractivity contribution is -0.146. The van der Waals surface area contributed by atoms with Crippen molar-refractivity contribution < 1.29 is 23.5 Å². The number of halogens is 1. The molecule has 0 radical (unpaired) electrons. The van der Waals surface area contributed by atoms with Crippen LogP contribution >= 0.6 is 0 Å². The Morgan fingerprint density at radius 3 is 2.71 bits per heavy atom. The maximum Gasteiger partial charge on any atom is 0.242 e. The van der Waals surface area contributed by atoms with E-state index in [1.807, 2.05) is 0 Å². The van der Waals surface area contributed by atoms with Gasteiger partial charge in [-0.1, -0.05) is 6.07 Å². The normalized spacial score (nSPS) is 17.5. The fourth-order valence-electron chi connectivity index (χ4n) is 2.60. The highest BCUT2D eigenvalue weighted by Gasteiger charge is 2.34. The predicted octanol–water partition coefficient (Wildman–Crippen LogP) is 0.139. The second kappa shape index (κ2) is 7.76. The maximum absolute atomic E-state index is 13.0. The first-order valence-corrected chi connectivity index (χ1v) is 7.61. The van der Waals surface area contributed by atoms with Crippen LogP contribution in [-0.4, -0.2) is 59.8 Å². The zero-order chi connectivity index (χ0) is 17.7. The summed E-state index contributed by atoms with van der Waals surface area (Å²) >= 11 is 0. The number of piperazine rings is 1. The largest absolute Gasteiger partial charge is 0.493 e. The number of carbonyl (C=O) groups is 3. The molecule has 0 saturated carbocycles. The van der Waals surface area contributed by atoms with Crippen molar-refractivity contribution in [3.8, 4) is 5.75 Å². The van der Waals surface area contributed by atoms with Crippen LogP contribution in [0, 0.1) is 5.82 Å². The highest BCUT2D eigenvalue weighted by atomic mass is 19.1. The molecule has 1 atom stereocenters. The Balaban J connectivity index is 1.86. The lowest BCUT2D eigenvalue weighted by Gasteiger charge is -2.39. The molecule has 24 heavy (non-hydrogen) atoms. The van der Waals surface area contributed by atoms with Gasteiger partial charge in [0, 0.05) is 26.1 Å². The number of hydrogen-bond donors (Lipinski definition) is 1. The Morgan fingerprint density at radius 2 is 2.08 bits per heavy atom. The van der Waals surface area contributed by atoms with E-state index >= 15 is 0 Å². The van der Waals surface area contributed by atoms with Gasteiger partial charge in [0.25, 0.3) is 0 Å². The summed E-state index contributed by atoms with van der Waals surface area (Å²) in [5.74, 6) is -1.16. The summed E-state index contributed by atoms with van der Waals surface area (Å²) in [6, 6.07) is 4.84. The lowest BCUT2D eigenvalue weighted by Crippen LogP contribution is -2.60. The molecule has 130 valence electrons. The van der Waals surface area contributed by atoms with Crippen LogP contribution in [-0.2, 0) is 14.4 Å². The fraction of sp³-hybridized carbons (Fsp3) is 0.438. The molecule has 3 amide bonds. The molecule has 2 N–H and O–H groups in total. The molecule has 1 saturated heterocycles. The van der Waals surface area contributed by atoms with Crippen molar-refractivity contribution in [2.24, 2.45) is 5.73 Å². The molecular weight excluding hydrogens is 317 g/mol. The zero-order valence-electron chi connectivity index (χ0n) is 13.4. The summed E-state index contributed by atoms with van der Waals surface area (Å²) in [4.78, 5) is 38.1. The van der Waals surface area contributed by atoms with Crippen LogP contribution in [0.25, 0.3) is 0 Å². The molecule has 0 unspecified atom stereocenters. The number of primary amides is 1. The van der Waals surface area contributed by atoms with Crippen molar-refractivity contribution in [1.82, 2.24) is 9.80 Å². The van der Waals surface area contributed by atoms with Gasteiger partial charge in [-0.15, -0.1) is 0 Å². The predicted molar refractivity (Wildman–Crippen MR) is 83.5 cm³/mol. The Kier molecular flexibility index (Phi) is 5.73. The Hall–Kier alpha value is -2.64. The Bertz CT molecular complexity index is 638. The van der Waals surface area contributed by atoms with E-state index < -0.39 is 17.8 Å². The number of hydrogen-bond acceptors (Lipinski definition) is 4. The smallest absolute Gasteiger partial charge is 0.242 e. The molecule has 1 aliphatic heterocycles. The van der Waals surface area contributed by atoms with E-state index in [2.05, 4.69) is 0 Å². The number of carbonyl (C=O) groups excluding carboxylic acids is 3. The van der Waals surface area contributed by atoms with E-state index in [1.54, 1.807) is 6.07 Å². The number of nitrogens with zero attached hydrogens (tertiary/aromatic N) is 2. The molecule has 1 aromatic rings. The Labute approximate surface area is 139 Å². The van der Waals surface area contributed by atoms with E-state index in [4.69, 9.17) is 10.5 Å². The molecule has 8 heteroatoms. The van der Waals surface area contributed by atoms with E-state index in [1.165, 1.54) is 34.9 Å². The van der Waals surface area contributed by atoms with Crippen LogP contribution in [0.3, 0.4) is 0 Å². The number of benzene rings is 1. The third-order valence-corrected chi connectivity index (χ3v) is 3.85. The van der Waals surface area contributed by atoms with Crippen LogP contribution in [0.5, 0.6) is 5.75 Å². The van der Waals surface area contributed by atoms with Crippen molar-refractivity contribution in [3.05, 3.63) is 30.1 Å². The molecule has 7 nitrogen and oxygen atoms in total. The van der Waals surface area contributed by atoms with Gasteiger partial charge in [0.1, 0.15) is 17.6 Å². The first kappa shape index (κ1) is 17.7. The summed E-state index contributed by atoms with van der Waals surface area (Å²) in [5.41, 5.74) is 5.32. The minimum absolute atomic E-state index is 0.0771. The van der Waals surface area contributed by atoms with E-state index in [0.29, 0.717) is 12.3 Å². The molecule has 0 bridgehead atoms. The number of amides is 3. The highest BCUT2D eigenvalue weighted by Crippen LogP contribution is 2.14. The summed E-state index contributed by atoms with van der Waals surface area (Å²) in [6.45, 7) is 2.13. The van der Waals surface area contributed by atoms with Gasteiger partial charge in [-0.2, -0.15) is 0 Å². The molecule has 2 rings (SSSR count). The lowest BCUT2D eigenvalue weighted by atomic mass is 10.1. The van der Waals surface area contributed by atoms with Crippen molar-refractivity contribution in [2.75, 3.05) is 26.2 Å². The number of ether oxygens (including phenoxy) is 1. The van der Waals surface area contributed by atoms with Crippen molar-refractivity contribution >= 4 is 17.7 Å². The van der Waals surface area contributed by atoms with Crippen LogP contribution in [0.1, 0.15) is 13.3 Å². The van der Waals surface area contributed by atoms with E-state index in [-0.39, 0.29) is 37.9 Å². The van der Waals surface area contributed by atoms with Gasteiger partial charge in [-0.3, -0.25) is 14.4 Å². The molecule has 1 aromatic carbocycles. The summed E-state index contributed by atoms with van der Waals surface area (Å²) in [5, 5.41) is 0. The van der Waals surface area contributed by atoms with Crippen LogP contribution < -0.4 is 10.5 Å². The third-order valence-electron chi connectivity index (χ3n) is 3.85. The number of rotatable bonds is 5. The first-order valence-electron chi connectivity index (χ1n) is 7.61. The molecule has 1 fully saturated rings. The molecule has 0 spiro atoms. The van der Waals surface area contributed by atoms with Gasteiger partial charge in [0.2, 0.25) is 17.7 Å². The van der Waals surface area contributed by atoms with Gasteiger partial charge in [-0.25, -0.2) is 4.39 Å². The third kappa shape index (κ3) is 4.43. The second-order valence-electron chi connectivity index (χ2n) is 5.53. The standard InChI is InChI=1S/C16H20FN3O4/c1-11(21)20-7-6-19(10-14(20)16(18)23)15(22)5-8-24-13-4-2-3-12(17)9-13/h2-4,9,14H,5-8,10H2,1H3,(H2,18,23)/t14-/m1/s1. The molecule has 1 heterocycles. The average molecular weight is 337 g/mol. The van der Waals surface area contributed by atoms with Crippen molar-refractivity contribution in [1.29, 1.82) is 0 Å². The van der Waals surface area contributed by atoms with Crippen LogP contribution in [0.4, 0.5) is 4.39 Å². The topological polar surface area (TPSA) is 92.9 Å². The van der Waals surface area contributed by atoms with Gasteiger partial charge in [-0.05, 0) is 12.1 Å². The maximum atomic E-state index is 13.0. The minimum Gasteiger partial charge on any atom is -0.493 e. The first-order chi connectivity index (χ1) is 11.4. The van der Waals surface area contributed by atoms with Gasteiger partial charge >= 0.3 is 0 Å². The monoisotopic (exact) mass is 337 g/mol. The van der Waals surface area contributed by atoms with E-state index in [0.717, 1.165) is 0 Å². The van der Waals surface area contributed by atoms with Gasteiger partial charge in [0.15, 0.2) is 0 Å². The molecular formula is C16H20FN3O4. The highest BCUT2D eigenvalue weighted by molar-refractivity contribution is 5.87. The zero-order valence-corrected chi connectivity index (χ0v) is 13.4.